The van der Waals surface area contributed by atoms with Crippen molar-refractivity contribution >= 4 is 17.9 Å². The number of urea groups is 1. The quantitative estimate of drug-likeness (QED) is 0.784. The smallest absolute Gasteiger partial charge is 0.321 e. The third-order valence-corrected chi connectivity index (χ3v) is 4.18. The third kappa shape index (κ3) is 5.37. The first kappa shape index (κ1) is 18.0. The number of carbonyl (C=O) groups is 3. The number of rotatable bonds is 6. The lowest BCUT2D eigenvalue weighted by Crippen LogP contribution is -2.45. The average Bonchev–Trinajstić information content (AvgIpc) is 3.07. The maximum atomic E-state index is 12.1. The highest BCUT2D eigenvalue weighted by Crippen LogP contribution is 2.20. The molecule has 1 fully saturated rings. The minimum absolute atomic E-state index is 0.128. The fraction of sp³-hybridized carbons (Fsp3) is 0.500. The van der Waals surface area contributed by atoms with E-state index < -0.39 is 30.4 Å². The summed E-state index contributed by atoms with van der Waals surface area (Å²) in [6.07, 6.45) is 4.63. The van der Waals surface area contributed by atoms with E-state index in [4.69, 9.17) is 4.74 Å². The second-order valence-corrected chi connectivity index (χ2v) is 5.98. The fourth-order valence-electron chi connectivity index (χ4n) is 2.92. The molecule has 24 heavy (non-hydrogen) atoms. The zero-order chi connectivity index (χ0) is 17.4. The van der Waals surface area contributed by atoms with Crippen LogP contribution in [0.3, 0.4) is 0 Å². The number of ether oxygens (including phenoxy) is 1. The Labute approximate surface area is 142 Å². The van der Waals surface area contributed by atoms with Crippen LogP contribution in [0.5, 0.6) is 0 Å². The molecule has 0 spiro atoms. The van der Waals surface area contributed by atoms with Gasteiger partial charge in [-0.3, -0.25) is 14.9 Å². The van der Waals surface area contributed by atoms with Crippen LogP contribution in [-0.4, -0.2) is 30.6 Å². The van der Waals surface area contributed by atoms with E-state index in [0.717, 1.165) is 31.2 Å². The number of carbonyl (C=O) groups excluding carboxylic acids is 3. The van der Waals surface area contributed by atoms with E-state index in [1.807, 2.05) is 37.3 Å². The molecule has 0 saturated heterocycles. The van der Waals surface area contributed by atoms with E-state index >= 15 is 0 Å². The summed E-state index contributed by atoms with van der Waals surface area (Å²) in [6.45, 7) is 1.42. The van der Waals surface area contributed by atoms with Gasteiger partial charge in [0.2, 0.25) is 0 Å². The molecule has 3 amide bonds. The molecule has 1 aromatic rings. The summed E-state index contributed by atoms with van der Waals surface area (Å²) in [5.41, 5.74) is 0.851. The zero-order valence-electron chi connectivity index (χ0n) is 13.9. The summed E-state index contributed by atoms with van der Waals surface area (Å²) < 4.78 is 5.05. The van der Waals surface area contributed by atoms with Gasteiger partial charge in [-0.1, -0.05) is 50.1 Å². The van der Waals surface area contributed by atoms with Crippen LogP contribution in [-0.2, 0) is 14.3 Å². The van der Waals surface area contributed by atoms with Gasteiger partial charge in [-0.05, 0) is 24.8 Å². The van der Waals surface area contributed by atoms with Gasteiger partial charge in [0.05, 0.1) is 5.92 Å². The molecule has 2 N–H and O–H groups in total. The molecule has 0 bridgehead atoms. The summed E-state index contributed by atoms with van der Waals surface area (Å²) in [7, 11) is 0. The Morgan fingerprint density at radius 2 is 1.83 bits per heavy atom. The Morgan fingerprint density at radius 1 is 1.17 bits per heavy atom. The monoisotopic (exact) mass is 332 g/mol. The van der Waals surface area contributed by atoms with Crippen molar-refractivity contribution in [2.45, 2.75) is 51.0 Å². The molecule has 0 heterocycles. The van der Waals surface area contributed by atoms with E-state index in [0.29, 0.717) is 6.42 Å². The number of hydrogen-bond acceptors (Lipinski definition) is 4. The van der Waals surface area contributed by atoms with Crippen molar-refractivity contribution in [3.05, 3.63) is 35.9 Å². The Bertz CT molecular complexity index is 568. The van der Waals surface area contributed by atoms with Crippen LogP contribution in [0.1, 0.15) is 50.5 Å². The van der Waals surface area contributed by atoms with E-state index in [1.165, 1.54) is 0 Å². The van der Waals surface area contributed by atoms with Crippen LogP contribution in [0.15, 0.2) is 30.3 Å². The molecule has 1 aliphatic carbocycles. The Hall–Kier alpha value is -2.37. The van der Waals surface area contributed by atoms with Crippen LogP contribution in [0.4, 0.5) is 4.79 Å². The first-order valence-electron chi connectivity index (χ1n) is 8.42. The number of nitrogens with one attached hydrogen (secondary N) is 2. The van der Waals surface area contributed by atoms with Crippen LogP contribution in [0.25, 0.3) is 0 Å². The largest absolute Gasteiger partial charge is 0.455 e. The molecule has 0 unspecified atom stereocenters. The highest BCUT2D eigenvalue weighted by molar-refractivity contribution is 5.95. The molecule has 1 aromatic carbocycles. The zero-order valence-corrected chi connectivity index (χ0v) is 13.9. The Kier molecular flexibility index (Phi) is 6.78. The standard InChI is InChI=1S/C18H24N2O4/c1-2-15(13-8-4-3-5-9-13)17(22)24-12-16(21)20-18(23)19-14-10-6-7-11-14/h3-5,8-9,14-15H,2,6-7,10-12H2,1H3,(H2,19,20,21,23)/t15-/m0/s1. The van der Waals surface area contributed by atoms with Crippen molar-refractivity contribution in [1.29, 1.82) is 0 Å². The molecular formula is C18H24N2O4. The van der Waals surface area contributed by atoms with Crippen LogP contribution in [0, 0.1) is 0 Å². The Morgan fingerprint density at radius 3 is 2.46 bits per heavy atom. The molecular weight excluding hydrogens is 308 g/mol. The number of imide groups is 1. The van der Waals surface area contributed by atoms with Crippen molar-refractivity contribution in [2.75, 3.05) is 6.61 Å². The predicted octanol–water partition coefficient (Wildman–Crippen LogP) is 2.49. The van der Waals surface area contributed by atoms with Crippen LogP contribution < -0.4 is 10.6 Å². The summed E-state index contributed by atoms with van der Waals surface area (Å²) >= 11 is 0. The number of hydrogen-bond donors (Lipinski definition) is 2. The molecule has 0 aliphatic heterocycles. The van der Waals surface area contributed by atoms with Crippen molar-refractivity contribution in [3.8, 4) is 0 Å². The van der Waals surface area contributed by atoms with E-state index in [1.54, 1.807) is 0 Å². The molecule has 1 aliphatic rings. The summed E-state index contributed by atoms with van der Waals surface area (Å²) in [4.78, 5) is 35.6. The molecule has 1 atom stereocenters. The maximum absolute atomic E-state index is 12.1. The summed E-state index contributed by atoms with van der Waals surface area (Å²) in [5, 5.41) is 4.94. The molecule has 0 aromatic heterocycles. The summed E-state index contributed by atoms with van der Waals surface area (Å²) in [6, 6.07) is 8.88. The van der Waals surface area contributed by atoms with Gasteiger partial charge in [0.1, 0.15) is 0 Å². The topological polar surface area (TPSA) is 84.5 Å². The lowest BCUT2D eigenvalue weighted by molar-refractivity contribution is -0.149. The lowest BCUT2D eigenvalue weighted by Gasteiger charge is -2.15. The number of amides is 3. The van der Waals surface area contributed by atoms with Crippen molar-refractivity contribution in [3.63, 3.8) is 0 Å². The maximum Gasteiger partial charge on any atom is 0.321 e. The second-order valence-electron chi connectivity index (χ2n) is 5.98. The van der Waals surface area contributed by atoms with Crippen molar-refractivity contribution < 1.29 is 19.1 Å². The number of benzene rings is 1. The second kappa shape index (κ2) is 9.05. The first-order valence-corrected chi connectivity index (χ1v) is 8.42. The summed E-state index contributed by atoms with van der Waals surface area (Å²) in [5.74, 6) is -1.50. The van der Waals surface area contributed by atoms with Crippen molar-refractivity contribution in [1.82, 2.24) is 10.6 Å². The van der Waals surface area contributed by atoms with Gasteiger partial charge in [-0.2, -0.15) is 0 Å². The van der Waals surface area contributed by atoms with Gasteiger partial charge in [0.15, 0.2) is 6.61 Å². The van der Waals surface area contributed by atoms with E-state index in [9.17, 15) is 14.4 Å². The highest BCUT2D eigenvalue weighted by Gasteiger charge is 2.22. The highest BCUT2D eigenvalue weighted by atomic mass is 16.5. The first-order chi connectivity index (χ1) is 11.6. The van der Waals surface area contributed by atoms with E-state index in [2.05, 4.69) is 10.6 Å². The SMILES string of the molecule is CC[C@H](C(=O)OCC(=O)NC(=O)NC1CCCC1)c1ccccc1. The normalized spacial score (nSPS) is 15.5. The number of esters is 1. The third-order valence-electron chi connectivity index (χ3n) is 4.18. The molecule has 0 radical (unpaired) electrons. The molecule has 1 saturated carbocycles. The fourth-order valence-corrected chi connectivity index (χ4v) is 2.92. The molecule has 6 heteroatoms. The Balaban J connectivity index is 1.75. The van der Waals surface area contributed by atoms with Gasteiger partial charge >= 0.3 is 12.0 Å². The minimum Gasteiger partial charge on any atom is -0.455 e. The average molecular weight is 332 g/mol. The van der Waals surface area contributed by atoms with Gasteiger partial charge in [-0.15, -0.1) is 0 Å². The lowest BCUT2D eigenvalue weighted by atomic mass is 9.97. The van der Waals surface area contributed by atoms with Gasteiger partial charge in [0, 0.05) is 6.04 Å². The van der Waals surface area contributed by atoms with Crippen molar-refractivity contribution in [2.24, 2.45) is 0 Å². The van der Waals surface area contributed by atoms with Crippen LogP contribution >= 0.6 is 0 Å². The van der Waals surface area contributed by atoms with E-state index in [-0.39, 0.29) is 6.04 Å². The van der Waals surface area contributed by atoms with Gasteiger partial charge in [0.25, 0.3) is 5.91 Å². The van der Waals surface area contributed by atoms with Gasteiger partial charge < -0.3 is 10.1 Å². The molecule has 2 rings (SSSR count). The minimum atomic E-state index is -0.623. The van der Waals surface area contributed by atoms with Crippen LogP contribution in [0.2, 0.25) is 0 Å². The molecule has 6 nitrogen and oxygen atoms in total. The predicted molar refractivity (Wildman–Crippen MR) is 89.4 cm³/mol. The molecule has 130 valence electrons. The van der Waals surface area contributed by atoms with Gasteiger partial charge in [-0.25, -0.2) is 4.79 Å².